The van der Waals surface area contributed by atoms with Gasteiger partial charge in [-0.25, -0.2) is 4.98 Å². The minimum atomic E-state index is -0.209. The van der Waals surface area contributed by atoms with Gasteiger partial charge in [0.25, 0.3) is 5.91 Å². The number of hydrogen-bond acceptors (Lipinski definition) is 3. The van der Waals surface area contributed by atoms with Gasteiger partial charge in [0.2, 0.25) is 5.95 Å². The predicted octanol–water partition coefficient (Wildman–Crippen LogP) is 2.12. The second kappa shape index (κ2) is 4.18. The van der Waals surface area contributed by atoms with E-state index in [0.717, 1.165) is 5.69 Å². The molecule has 3 rings (SSSR count). The zero-order valence-electron chi connectivity index (χ0n) is 9.81. The summed E-state index contributed by atoms with van der Waals surface area (Å²) in [5.74, 6) is 0.874. The summed E-state index contributed by atoms with van der Waals surface area (Å²) in [4.78, 5) is 19.2. The highest BCUT2D eigenvalue weighted by molar-refractivity contribution is 6.03. The van der Waals surface area contributed by atoms with Crippen molar-refractivity contribution in [3.8, 4) is 0 Å². The number of amides is 1. The molecule has 4 N–H and O–H groups in total. The molecule has 1 aliphatic carbocycles. The number of carbonyl (C=O) groups excluding carboxylic acids is 1. The Bertz CT molecular complexity index is 586. The van der Waals surface area contributed by atoms with Crippen LogP contribution in [-0.4, -0.2) is 15.9 Å². The van der Waals surface area contributed by atoms with Gasteiger partial charge in [-0.15, -0.1) is 0 Å². The Morgan fingerprint density at radius 1 is 1.44 bits per heavy atom. The van der Waals surface area contributed by atoms with Crippen LogP contribution in [0.5, 0.6) is 0 Å². The summed E-state index contributed by atoms with van der Waals surface area (Å²) < 4.78 is 0. The minimum Gasteiger partial charge on any atom is -0.399 e. The number of benzene rings is 1. The quantitative estimate of drug-likeness (QED) is 0.721. The highest BCUT2D eigenvalue weighted by atomic mass is 16.1. The number of rotatable bonds is 3. The molecular weight excluding hydrogens is 228 g/mol. The standard InChI is InChI=1S/C13H14N4O/c14-10-3-1-2-9(6-10)12(18)17-13-15-7-11(16-13)8-4-5-8/h1-3,6-8H,4-5,14H2,(H2,15,16,17,18). The smallest absolute Gasteiger partial charge is 0.258 e. The Labute approximate surface area is 104 Å². The first kappa shape index (κ1) is 10.8. The molecule has 5 heteroatoms. The summed E-state index contributed by atoms with van der Waals surface area (Å²) >= 11 is 0. The number of nitrogens with two attached hydrogens (primary N) is 1. The van der Waals surface area contributed by atoms with E-state index >= 15 is 0 Å². The third-order valence-electron chi connectivity index (χ3n) is 2.99. The number of aromatic nitrogens is 2. The highest BCUT2D eigenvalue weighted by Gasteiger charge is 2.25. The van der Waals surface area contributed by atoms with Crippen LogP contribution in [0, 0.1) is 0 Å². The molecule has 1 aliphatic rings. The number of carbonyl (C=O) groups is 1. The van der Waals surface area contributed by atoms with Crippen LogP contribution in [0.2, 0.25) is 0 Å². The van der Waals surface area contributed by atoms with Crippen molar-refractivity contribution in [1.29, 1.82) is 0 Å². The Morgan fingerprint density at radius 3 is 3.00 bits per heavy atom. The topological polar surface area (TPSA) is 83.8 Å². The first-order valence-corrected chi connectivity index (χ1v) is 5.94. The zero-order chi connectivity index (χ0) is 12.5. The van der Waals surface area contributed by atoms with E-state index < -0.39 is 0 Å². The molecule has 0 aliphatic heterocycles. The van der Waals surface area contributed by atoms with Crippen LogP contribution in [0.3, 0.4) is 0 Å². The molecule has 0 spiro atoms. The van der Waals surface area contributed by atoms with Gasteiger partial charge in [-0.3, -0.25) is 10.1 Å². The Kier molecular flexibility index (Phi) is 2.51. The van der Waals surface area contributed by atoms with Crippen molar-refractivity contribution >= 4 is 17.5 Å². The first-order valence-electron chi connectivity index (χ1n) is 5.94. The van der Waals surface area contributed by atoms with Gasteiger partial charge in [0.1, 0.15) is 0 Å². The monoisotopic (exact) mass is 242 g/mol. The van der Waals surface area contributed by atoms with Gasteiger partial charge in [-0.2, -0.15) is 0 Å². The van der Waals surface area contributed by atoms with Crippen LogP contribution in [0.1, 0.15) is 34.8 Å². The molecule has 1 heterocycles. The van der Waals surface area contributed by atoms with Gasteiger partial charge in [-0.1, -0.05) is 6.07 Å². The van der Waals surface area contributed by atoms with Crippen LogP contribution in [0.4, 0.5) is 11.6 Å². The lowest BCUT2D eigenvalue weighted by Gasteiger charge is -2.02. The van der Waals surface area contributed by atoms with E-state index in [1.165, 1.54) is 12.8 Å². The molecule has 0 unspecified atom stereocenters. The van der Waals surface area contributed by atoms with Crippen molar-refractivity contribution in [3.63, 3.8) is 0 Å². The highest BCUT2D eigenvalue weighted by Crippen LogP contribution is 2.39. The maximum absolute atomic E-state index is 11.9. The fourth-order valence-corrected chi connectivity index (χ4v) is 1.86. The van der Waals surface area contributed by atoms with Crippen LogP contribution >= 0.6 is 0 Å². The molecule has 1 fully saturated rings. The lowest BCUT2D eigenvalue weighted by molar-refractivity contribution is 0.102. The number of anilines is 2. The Balaban J connectivity index is 1.73. The van der Waals surface area contributed by atoms with E-state index in [1.54, 1.807) is 30.5 Å². The molecular formula is C13H14N4O. The molecule has 2 aromatic rings. The molecule has 5 nitrogen and oxygen atoms in total. The van der Waals surface area contributed by atoms with E-state index in [9.17, 15) is 4.79 Å². The van der Waals surface area contributed by atoms with E-state index in [1.807, 2.05) is 0 Å². The second-order valence-corrected chi connectivity index (χ2v) is 4.54. The van der Waals surface area contributed by atoms with E-state index in [-0.39, 0.29) is 5.91 Å². The van der Waals surface area contributed by atoms with E-state index in [0.29, 0.717) is 23.1 Å². The number of H-pyrrole nitrogens is 1. The largest absolute Gasteiger partial charge is 0.399 e. The van der Waals surface area contributed by atoms with Crippen LogP contribution in [0.15, 0.2) is 30.5 Å². The lowest BCUT2D eigenvalue weighted by atomic mass is 10.2. The number of aromatic amines is 1. The molecule has 1 amide bonds. The Morgan fingerprint density at radius 2 is 2.28 bits per heavy atom. The summed E-state index contributed by atoms with van der Waals surface area (Å²) in [7, 11) is 0. The molecule has 1 aromatic carbocycles. The maximum atomic E-state index is 11.9. The van der Waals surface area contributed by atoms with Gasteiger partial charge in [0, 0.05) is 22.9 Å². The number of nitrogens with zero attached hydrogens (tertiary/aromatic N) is 1. The number of nitrogens with one attached hydrogen (secondary N) is 2. The fraction of sp³-hybridized carbons (Fsp3) is 0.231. The van der Waals surface area contributed by atoms with Crippen molar-refractivity contribution < 1.29 is 4.79 Å². The van der Waals surface area contributed by atoms with E-state index in [4.69, 9.17) is 5.73 Å². The van der Waals surface area contributed by atoms with Gasteiger partial charge >= 0.3 is 0 Å². The average molecular weight is 242 g/mol. The molecule has 92 valence electrons. The van der Waals surface area contributed by atoms with Gasteiger partial charge < -0.3 is 10.7 Å². The van der Waals surface area contributed by atoms with Crippen molar-refractivity contribution in [2.45, 2.75) is 18.8 Å². The summed E-state index contributed by atoms with van der Waals surface area (Å²) in [6, 6.07) is 6.85. The summed E-state index contributed by atoms with van der Waals surface area (Å²) in [5, 5.41) is 2.73. The maximum Gasteiger partial charge on any atom is 0.258 e. The predicted molar refractivity (Wildman–Crippen MR) is 69.4 cm³/mol. The third kappa shape index (κ3) is 2.20. The number of hydrogen-bond donors (Lipinski definition) is 3. The SMILES string of the molecule is Nc1cccc(C(=O)Nc2ncc(C3CC3)[nH]2)c1. The van der Waals surface area contributed by atoms with Crippen LogP contribution in [-0.2, 0) is 0 Å². The van der Waals surface area contributed by atoms with Gasteiger partial charge in [0.15, 0.2) is 0 Å². The normalized spacial score (nSPS) is 14.4. The van der Waals surface area contributed by atoms with Crippen molar-refractivity contribution in [2.24, 2.45) is 0 Å². The van der Waals surface area contributed by atoms with Gasteiger partial charge in [0.05, 0.1) is 6.20 Å². The molecule has 0 atom stereocenters. The second-order valence-electron chi connectivity index (χ2n) is 4.54. The molecule has 0 saturated heterocycles. The fourth-order valence-electron chi connectivity index (χ4n) is 1.86. The number of nitrogen functional groups attached to an aromatic ring is 1. The Hall–Kier alpha value is -2.30. The summed E-state index contributed by atoms with van der Waals surface area (Å²) in [6.45, 7) is 0. The van der Waals surface area contributed by atoms with Crippen LogP contribution in [0.25, 0.3) is 0 Å². The van der Waals surface area contributed by atoms with Crippen LogP contribution < -0.4 is 11.1 Å². The summed E-state index contributed by atoms with van der Waals surface area (Å²) in [6.07, 6.45) is 4.18. The zero-order valence-corrected chi connectivity index (χ0v) is 9.81. The third-order valence-corrected chi connectivity index (χ3v) is 2.99. The van der Waals surface area contributed by atoms with E-state index in [2.05, 4.69) is 15.3 Å². The first-order chi connectivity index (χ1) is 8.72. The van der Waals surface area contributed by atoms with Crippen molar-refractivity contribution in [1.82, 2.24) is 9.97 Å². The van der Waals surface area contributed by atoms with Crippen molar-refractivity contribution in [3.05, 3.63) is 41.7 Å². The van der Waals surface area contributed by atoms with Crippen molar-refractivity contribution in [2.75, 3.05) is 11.1 Å². The van der Waals surface area contributed by atoms with Gasteiger partial charge in [-0.05, 0) is 31.0 Å². The molecule has 1 saturated carbocycles. The minimum absolute atomic E-state index is 0.209. The molecule has 18 heavy (non-hydrogen) atoms. The lowest BCUT2D eigenvalue weighted by Crippen LogP contribution is -2.13. The molecule has 0 bridgehead atoms. The number of imidazole rings is 1. The molecule has 0 radical (unpaired) electrons. The summed E-state index contributed by atoms with van der Waals surface area (Å²) in [5.41, 5.74) is 7.83. The average Bonchev–Trinajstić information content (AvgIpc) is 3.11. The molecule has 1 aromatic heterocycles.